The molecule has 3 aromatic carbocycles. The van der Waals surface area contributed by atoms with E-state index in [1.807, 2.05) is 85.9 Å². The molecule has 0 fully saturated rings. The molecule has 2 heterocycles. The standard InChI is InChI=1S/C27H21N3O3/c1-29(2)21-12-6-17(7-13-21)16-28-20-10-8-18(9-11-20)24-14-19-4-3-5-22-23(27(32)33)15-25(31)30(24)26(19)22/h3-13,15-16H,14H2,1-2H3/p+1. The Morgan fingerprint density at radius 2 is 1.76 bits per heavy atom. The van der Waals surface area contributed by atoms with E-state index < -0.39 is 5.97 Å². The van der Waals surface area contributed by atoms with Crippen molar-refractivity contribution in [3.8, 4) is 0 Å². The Labute approximate surface area is 191 Å². The normalized spacial score (nSPS) is 14.5. The quantitative estimate of drug-likeness (QED) is 0.481. The minimum absolute atomic E-state index is 0.0395. The molecule has 6 nitrogen and oxygen atoms in total. The van der Waals surface area contributed by atoms with Gasteiger partial charge < -0.3 is 10.0 Å². The van der Waals surface area contributed by atoms with E-state index in [4.69, 9.17) is 0 Å². The summed E-state index contributed by atoms with van der Waals surface area (Å²) >= 11 is 0. The van der Waals surface area contributed by atoms with Crippen LogP contribution in [-0.2, 0) is 16.0 Å². The molecule has 6 heteroatoms. The van der Waals surface area contributed by atoms with Crippen LogP contribution in [0.15, 0.2) is 77.8 Å². The van der Waals surface area contributed by atoms with Crippen molar-refractivity contribution >= 4 is 46.4 Å². The number of hydrogen-bond donors (Lipinski definition) is 1. The minimum Gasteiger partial charge on any atom is -0.478 e. The molecule has 0 bridgehead atoms. The van der Waals surface area contributed by atoms with Gasteiger partial charge in [0, 0.05) is 37.1 Å². The molecule has 2 aliphatic heterocycles. The number of aliphatic imine (C=N–C) groups is 1. The highest BCUT2D eigenvalue weighted by atomic mass is 16.4. The molecule has 0 atom stereocenters. The van der Waals surface area contributed by atoms with Crippen molar-refractivity contribution in [2.45, 2.75) is 6.42 Å². The Balaban J connectivity index is 1.44. The number of nitrogens with zero attached hydrogens (tertiary/aromatic N) is 3. The third-order valence-electron chi connectivity index (χ3n) is 5.95. The maximum absolute atomic E-state index is 12.9. The van der Waals surface area contributed by atoms with Crippen molar-refractivity contribution in [1.29, 1.82) is 0 Å². The van der Waals surface area contributed by atoms with Crippen molar-refractivity contribution in [3.05, 3.63) is 95.1 Å². The van der Waals surface area contributed by atoms with Gasteiger partial charge in [-0.15, -0.1) is 4.58 Å². The maximum Gasteiger partial charge on any atom is 0.419 e. The Kier molecular flexibility index (Phi) is 4.98. The number of para-hydroxylation sites is 1. The van der Waals surface area contributed by atoms with E-state index in [1.165, 1.54) is 6.08 Å². The largest absolute Gasteiger partial charge is 0.478 e. The predicted octanol–water partition coefficient (Wildman–Crippen LogP) is 4.20. The number of hydrogen-bond acceptors (Lipinski definition) is 4. The summed E-state index contributed by atoms with van der Waals surface area (Å²) in [5, 5.41) is 9.52. The lowest BCUT2D eigenvalue weighted by Gasteiger charge is -2.11. The molecule has 0 saturated heterocycles. The lowest BCUT2D eigenvalue weighted by Crippen LogP contribution is -2.24. The highest BCUT2D eigenvalue weighted by Gasteiger charge is 2.42. The fourth-order valence-electron chi connectivity index (χ4n) is 4.27. The summed E-state index contributed by atoms with van der Waals surface area (Å²) in [7, 11) is 4.01. The number of amides is 1. The molecule has 33 heavy (non-hydrogen) atoms. The van der Waals surface area contributed by atoms with Gasteiger partial charge in [0.1, 0.15) is 0 Å². The number of carbonyl (C=O) groups is 2. The molecule has 0 aliphatic carbocycles. The second-order valence-corrected chi connectivity index (χ2v) is 8.26. The Morgan fingerprint density at radius 3 is 2.42 bits per heavy atom. The van der Waals surface area contributed by atoms with Crippen LogP contribution in [-0.4, -0.2) is 47.6 Å². The average Bonchev–Trinajstić information content (AvgIpc) is 3.21. The van der Waals surface area contributed by atoms with Crippen LogP contribution in [0.4, 0.5) is 17.1 Å². The van der Waals surface area contributed by atoms with E-state index in [2.05, 4.69) is 4.99 Å². The summed E-state index contributed by atoms with van der Waals surface area (Å²) in [6.45, 7) is 0. The number of rotatable bonds is 5. The van der Waals surface area contributed by atoms with Gasteiger partial charge in [-0.3, -0.25) is 4.99 Å². The lowest BCUT2D eigenvalue weighted by atomic mass is 9.97. The van der Waals surface area contributed by atoms with Crippen LogP contribution in [0, 0.1) is 0 Å². The van der Waals surface area contributed by atoms with Crippen molar-refractivity contribution in [1.82, 2.24) is 0 Å². The zero-order valence-electron chi connectivity index (χ0n) is 18.3. The first-order valence-corrected chi connectivity index (χ1v) is 10.6. The topological polar surface area (TPSA) is 73.0 Å². The number of benzene rings is 3. The summed E-state index contributed by atoms with van der Waals surface area (Å²) in [5.41, 5.74) is 6.96. The second kappa shape index (κ2) is 7.98. The summed E-state index contributed by atoms with van der Waals surface area (Å²) in [4.78, 5) is 31.1. The summed E-state index contributed by atoms with van der Waals surface area (Å²) in [6.07, 6.45) is 3.60. The van der Waals surface area contributed by atoms with Crippen LogP contribution >= 0.6 is 0 Å². The lowest BCUT2D eigenvalue weighted by molar-refractivity contribution is -0.358. The SMILES string of the molecule is CN(C)c1ccc(C=Nc2ccc(C3=[N+]4C(=O)C=C(C(=O)O)c5cccc(c54)C3)cc2)cc1. The van der Waals surface area contributed by atoms with Gasteiger partial charge >= 0.3 is 11.9 Å². The molecule has 3 aromatic rings. The third-order valence-corrected chi connectivity index (χ3v) is 5.95. The Hall–Kier alpha value is -4.32. The molecule has 0 aromatic heterocycles. The van der Waals surface area contributed by atoms with E-state index in [1.54, 1.807) is 10.6 Å². The predicted molar refractivity (Wildman–Crippen MR) is 129 cm³/mol. The van der Waals surface area contributed by atoms with Crippen molar-refractivity contribution < 1.29 is 19.3 Å². The first-order valence-electron chi connectivity index (χ1n) is 10.6. The molecule has 5 rings (SSSR count). The molecule has 2 aliphatic rings. The van der Waals surface area contributed by atoms with Crippen LogP contribution in [0.2, 0.25) is 0 Å². The highest BCUT2D eigenvalue weighted by molar-refractivity contribution is 6.24. The highest BCUT2D eigenvalue weighted by Crippen LogP contribution is 2.39. The van der Waals surface area contributed by atoms with Gasteiger partial charge in [0.05, 0.1) is 29.3 Å². The molecule has 1 N–H and O–H groups in total. The molecule has 0 saturated carbocycles. The first-order chi connectivity index (χ1) is 15.9. The Bertz CT molecular complexity index is 1380. The van der Waals surface area contributed by atoms with Gasteiger partial charge in [-0.25, -0.2) is 9.59 Å². The fourth-order valence-corrected chi connectivity index (χ4v) is 4.27. The van der Waals surface area contributed by atoms with Gasteiger partial charge in [-0.2, -0.15) is 0 Å². The van der Waals surface area contributed by atoms with Crippen LogP contribution in [0.5, 0.6) is 0 Å². The van der Waals surface area contributed by atoms with Gasteiger partial charge in [-0.1, -0.05) is 24.3 Å². The van der Waals surface area contributed by atoms with E-state index in [0.717, 1.165) is 33.8 Å². The van der Waals surface area contributed by atoms with Gasteiger partial charge in [0.15, 0.2) is 0 Å². The van der Waals surface area contributed by atoms with E-state index >= 15 is 0 Å². The number of aliphatic carboxylic acids is 1. The zero-order valence-corrected chi connectivity index (χ0v) is 18.3. The zero-order chi connectivity index (χ0) is 23.1. The van der Waals surface area contributed by atoms with Crippen LogP contribution in [0.25, 0.3) is 5.57 Å². The summed E-state index contributed by atoms with van der Waals surface area (Å²) in [6, 6.07) is 21.4. The number of carboxylic acid groups (broad SMARTS) is 1. The average molecular weight is 436 g/mol. The maximum atomic E-state index is 12.9. The van der Waals surface area contributed by atoms with Gasteiger partial charge in [-0.05, 0) is 48.0 Å². The van der Waals surface area contributed by atoms with E-state index in [0.29, 0.717) is 17.7 Å². The van der Waals surface area contributed by atoms with Crippen molar-refractivity contribution in [2.75, 3.05) is 19.0 Å². The molecule has 0 spiro atoms. The molecule has 0 radical (unpaired) electrons. The minimum atomic E-state index is -1.09. The van der Waals surface area contributed by atoms with E-state index in [9.17, 15) is 14.7 Å². The monoisotopic (exact) mass is 436 g/mol. The van der Waals surface area contributed by atoms with E-state index in [-0.39, 0.29) is 11.5 Å². The van der Waals surface area contributed by atoms with Gasteiger partial charge in [0.2, 0.25) is 11.4 Å². The fraction of sp³-hybridized carbons (Fsp3) is 0.111. The molecule has 162 valence electrons. The molecular weight excluding hydrogens is 414 g/mol. The van der Waals surface area contributed by atoms with Gasteiger partial charge in [0.25, 0.3) is 0 Å². The van der Waals surface area contributed by atoms with Crippen LogP contribution in [0.1, 0.15) is 22.3 Å². The molecular formula is C27H22N3O3+. The Morgan fingerprint density at radius 1 is 1.03 bits per heavy atom. The molecule has 1 amide bonds. The summed E-state index contributed by atoms with van der Waals surface area (Å²) in [5.74, 6) is -1.42. The second-order valence-electron chi connectivity index (χ2n) is 8.26. The van der Waals surface area contributed by atoms with Crippen molar-refractivity contribution in [2.24, 2.45) is 4.99 Å². The van der Waals surface area contributed by atoms with Crippen molar-refractivity contribution in [3.63, 3.8) is 0 Å². The van der Waals surface area contributed by atoms with Crippen LogP contribution < -0.4 is 4.90 Å². The first kappa shape index (κ1) is 20.6. The van der Waals surface area contributed by atoms with Crippen LogP contribution in [0.3, 0.4) is 0 Å². The third kappa shape index (κ3) is 3.65. The number of carboxylic acids is 1. The molecule has 0 unspecified atom stereocenters. The number of carbonyl (C=O) groups excluding carboxylic acids is 1. The number of anilines is 1. The summed E-state index contributed by atoms with van der Waals surface area (Å²) < 4.78 is 1.64. The smallest absolute Gasteiger partial charge is 0.419 e.